The Morgan fingerprint density at radius 2 is 2.19 bits per heavy atom. The molecule has 2 aromatic heterocycles. The molecule has 5 nitrogen and oxygen atoms in total. The van der Waals surface area contributed by atoms with Gasteiger partial charge >= 0.3 is 0 Å². The molecule has 5 heteroatoms. The third-order valence-electron chi connectivity index (χ3n) is 2.16. The zero-order valence-electron chi connectivity index (χ0n) is 9.10. The standard InChI is InChI=1S/C11H14N4O/c1-2-9-6-15-11(16-9)7-14-10-4-3-8(12)5-13-10/h3-6H,2,7,12H2,1H3,(H,13,14). The second-order valence-electron chi connectivity index (χ2n) is 3.40. The average Bonchev–Trinajstić information content (AvgIpc) is 2.76. The average molecular weight is 218 g/mol. The molecule has 0 spiro atoms. The third-order valence-corrected chi connectivity index (χ3v) is 2.16. The summed E-state index contributed by atoms with van der Waals surface area (Å²) in [4.78, 5) is 8.25. The first kappa shape index (κ1) is 10.5. The van der Waals surface area contributed by atoms with Crippen LogP contribution in [0.4, 0.5) is 11.5 Å². The summed E-state index contributed by atoms with van der Waals surface area (Å²) in [5.74, 6) is 2.31. The molecule has 0 unspecified atom stereocenters. The Balaban J connectivity index is 1.94. The van der Waals surface area contributed by atoms with E-state index in [1.165, 1.54) is 0 Å². The van der Waals surface area contributed by atoms with Gasteiger partial charge < -0.3 is 15.5 Å². The molecule has 84 valence electrons. The third kappa shape index (κ3) is 2.50. The van der Waals surface area contributed by atoms with Gasteiger partial charge in [0.25, 0.3) is 0 Å². The highest BCUT2D eigenvalue weighted by Crippen LogP contribution is 2.09. The smallest absolute Gasteiger partial charge is 0.213 e. The summed E-state index contributed by atoms with van der Waals surface area (Å²) >= 11 is 0. The van der Waals surface area contributed by atoms with Crippen LogP contribution in [0.25, 0.3) is 0 Å². The topological polar surface area (TPSA) is 77.0 Å². The number of nitrogens with one attached hydrogen (secondary N) is 1. The van der Waals surface area contributed by atoms with Crippen molar-refractivity contribution in [2.45, 2.75) is 19.9 Å². The fraction of sp³-hybridized carbons (Fsp3) is 0.273. The number of anilines is 2. The van der Waals surface area contributed by atoms with Crippen LogP contribution in [0.15, 0.2) is 28.9 Å². The van der Waals surface area contributed by atoms with Crippen LogP contribution in [0.3, 0.4) is 0 Å². The van der Waals surface area contributed by atoms with Crippen molar-refractivity contribution in [3.05, 3.63) is 36.2 Å². The van der Waals surface area contributed by atoms with E-state index in [2.05, 4.69) is 15.3 Å². The molecule has 0 bridgehead atoms. The van der Waals surface area contributed by atoms with Gasteiger partial charge in [0, 0.05) is 6.42 Å². The van der Waals surface area contributed by atoms with Crippen molar-refractivity contribution in [1.29, 1.82) is 0 Å². The quantitative estimate of drug-likeness (QED) is 0.818. The molecule has 2 rings (SSSR count). The number of nitrogen functional groups attached to an aromatic ring is 1. The molecule has 0 aliphatic rings. The maximum atomic E-state index is 5.53. The molecular weight excluding hydrogens is 204 g/mol. The van der Waals surface area contributed by atoms with Crippen molar-refractivity contribution in [3.63, 3.8) is 0 Å². The number of nitrogens with zero attached hydrogens (tertiary/aromatic N) is 2. The second-order valence-corrected chi connectivity index (χ2v) is 3.40. The van der Waals surface area contributed by atoms with Crippen molar-refractivity contribution in [2.24, 2.45) is 0 Å². The number of rotatable bonds is 4. The minimum atomic E-state index is 0.525. The van der Waals surface area contributed by atoms with E-state index in [-0.39, 0.29) is 0 Å². The Morgan fingerprint density at radius 1 is 1.31 bits per heavy atom. The minimum absolute atomic E-state index is 0.525. The highest BCUT2D eigenvalue weighted by molar-refractivity contribution is 5.43. The van der Waals surface area contributed by atoms with Crippen LogP contribution >= 0.6 is 0 Å². The largest absolute Gasteiger partial charge is 0.444 e. The van der Waals surface area contributed by atoms with Gasteiger partial charge in [-0.3, -0.25) is 0 Å². The Hall–Kier alpha value is -2.04. The zero-order chi connectivity index (χ0) is 11.4. The number of nitrogens with two attached hydrogens (primary N) is 1. The van der Waals surface area contributed by atoms with Crippen molar-refractivity contribution in [3.8, 4) is 0 Å². The normalized spacial score (nSPS) is 10.3. The number of oxazole rings is 1. The molecule has 2 aromatic rings. The first-order valence-corrected chi connectivity index (χ1v) is 5.17. The molecular formula is C11H14N4O. The molecule has 0 aromatic carbocycles. The number of pyridine rings is 1. The first-order chi connectivity index (χ1) is 7.78. The van der Waals surface area contributed by atoms with E-state index in [0.717, 1.165) is 18.0 Å². The van der Waals surface area contributed by atoms with Gasteiger partial charge in [-0.2, -0.15) is 0 Å². The summed E-state index contributed by atoms with van der Waals surface area (Å²) in [7, 11) is 0. The van der Waals surface area contributed by atoms with Crippen LogP contribution in [0.2, 0.25) is 0 Å². The molecule has 3 N–H and O–H groups in total. The van der Waals surface area contributed by atoms with E-state index < -0.39 is 0 Å². The van der Waals surface area contributed by atoms with Gasteiger partial charge in [0.15, 0.2) is 0 Å². The lowest BCUT2D eigenvalue weighted by molar-refractivity contribution is 0.465. The summed E-state index contributed by atoms with van der Waals surface area (Å²) in [6.45, 7) is 2.55. The summed E-state index contributed by atoms with van der Waals surface area (Å²) in [6, 6.07) is 3.61. The number of hydrogen-bond acceptors (Lipinski definition) is 5. The fourth-order valence-electron chi connectivity index (χ4n) is 1.27. The van der Waals surface area contributed by atoms with Gasteiger partial charge in [0.1, 0.15) is 11.6 Å². The van der Waals surface area contributed by atoms with E-state index in [4.69, 9.17) is 10.2 Å². The fourth-order valence-corrected chi connectivity index (χ4v) is 1.27. The van der Waals surface area contributed by atoms with Gasteiger partial charge in [-0.15, -0.1) is 0 Å². The summed E-state index contributed by atoms with van der Waals surface area (Å²) in [5, 5.41) is 3.10. The maximum Gasteiger partial charge on any atom is 0.213 e. The van der Waals surface area contributed by atoms with Crippen LogP contribution in [0, 0.1) is 0 Å². The SMILES string of the molecule is CCc1cnc(CNc2ccc(N)cn2)o1. The van der Waals surface area contributed by atoms with Gasteiger partial charge in [-0.1, -0.05) is 6.92 Å². The number of hydrogen-bond donors (Lipinski definition) is 2. The van der Waals surface area contributed by atoms with Crippen molar-refractivity contribution >= 4 is 11.5 Å². The Morgan fingerprint density at radius 3 is 2.81 bits per heavy atom. The molecule has 0 saturated heterocycles. The Labute approximate surface area is 93.7 Å². The highest BCUT2D eigenvalue weighted by atomic mass is 16.4. The van der Waals surface area contributed by atoms with Gasteiger partial charge in [-0.05, 0) is 12.1 Å². The molecule has 0 aliphatic carbocycles. The monoisotopic (exact) mass is 218 g/mol. The van der Waals surface area contributed by atoms with E-state index in [1.54, 1.807) is 18.5 Å². The number of aryl methyl sites for hydroxylation is 1. The molecule has 2 heterocycles. The predicted molar refractivity (Wildman–Crippen MR) is 61.9 cm³/mol. The van der Waals surface area contributed by atoms with Crippen LogP contribution in [-0.4, -0.2) is 9.97 Å². The van der Waals surface area contributed by atoms with E-state index >= 15 is 0 Å². The molecule has 0 atom stereocenters. The Kier molecular flexibility index (Phi) is 3.05. The lowest BCUT2D eigenvalue weighted by atomic mass is 10.4. The first-order valence-electron chi connectivity index (χ1n) is 5.17. The van der Waals surface area contributed by atoms with Crippen LogP contribution < -0.4 is 11.1 Å². The molecule has 16 heavy (non-hydrogen) atoms. The van der Waals surface area contributed by atoms with Crippen LogP contribution in [0.1, 0.15) is 18.6 Å². The molecule has 0 aliphatic heterocycles. The molecule has 0 amide bonds. The summed E-state index contributed by atoms with van der Waals surface area (Å²) < 4.78 is 5.45. The van der Waals surface area contributed by atoms with E-state index in [0.29, 0.717) is 18.1 Å². The van der Waals surface area contributed by atoms with Crippen molar-refractivity contribution < 1.29 is 4.42 Å². The zero-order valence-corrected chi connectivity index (χ0v) is 9.10. The van der Waals surface area contributed by atoms with E-state index in [9.17, 15) is 0 Å². The van der Waals surface area contributed by atoms with Gasteiger partial charge in [0.05, 0.1) is 24.6 Å². The Bertz CT molecular complexity index is 449. The summed E-state index contributed by atoms with van der Waals surface area (Å²) in [5.41, 5.74) is 6.18. The van der Waals surface area contributed by atoms with Crippen LogP contribution in [0.5, 0.6) is 0 Å². The van der Waals surface area contributed by atoms with Gasteiger partial charge in [-0.25, -0.2) is 9.97 Å². The van der Waals surface area contributed by atoms with Gasteiger partial charge in [0.2, 0.25) is 5.89 Å². The van der Waals surface area contributed by atoms with Crippen molar-refractivity contribution in [2.75, 3.05) is 11.1 Å². The molecule has 0 fully saturated rings. The van der Waals surface area contributed by atoms with Crippen LogP contribution in [-0.2, 0) is 13.0 Å². The summed E-state index contributed by atoms with van der Waals surface area (Å²) in [6.07, 6.45) is 4.20. The maximum absolute atomic E-state index is 5.53. The highest BCUT2D eigenvalue weighted by Gasteiger charge is 2.02. The molecule has 0 saturated carbocycles. The molecule has 0 radical (unpaired) electrons. The predicted octanol–water partition coefficient (Wildman–Crippen LogP) is 1.83. The number of aromatic nitrogens is 2. The minimum Gasteiger partial charge on any atom is -0.444 e. The lowest BCUT2D eigenvalue weighted by Crippen LogP contribution is -2.01. The second kappa shape index (κ2) is 4.65. The lowest BCUT2D eigenvalue weighted by Gasteiger charge is -2.02. The van der Waals surface area contributed by atoms with Crippen molar-refractivity contribution in [1.82, 2.24) is 9.97 Å². The van der Waals surface area contributed by atoms with E-state index in [1.807, 2.05) is 13.0 Å².